The molecular formula is C10H13N3O. The molecule has 0 saturated carbocycles. The molecule has 14 heavy (non-hydrogen) atoms. The first-order chi connectivity index (χ1) is 6.65. The maximum atomic E-state index is 10.9. The van der Waals surface area contributed by atoms with Crippen molar-refractivity contribution in [3.63, 3.8) is 0 Å². The van der Waals surface area contributed by atoms with E-state index in [1.54, 1.807) is 6.20 Å². The number of nitrogens with zero attached hydrogens (tertiary/aromatic N) is 2. The third-order valence-electron chi connectivity index (χ3n) is 2.08. The van der Waals surface area contributed by atoms with E-state index in [0.29, 0.717) is 6.54 Å². The van der Waals surface area contributed by atoms with E-state index in [9.17, 15) is 4.79 Å². The summed E-state index contributed by atoms with van der Waals surface area (Å²) in [7, 11) is 0. The van der Waals surface area contributed by atoms with E-state index >= 15 is 0 Å². The molecule has 0 saturated heterocycles. The molecule has 0 aliphatic heterocycles. The minimum atomic E-state index is -0.182. The van der Waals surface area contributed by atoms with Gasteiger partial charge in [0.15, 0.2) is 0 Å². The van der Waals surface area contributed by atoms with Gasteiger partial charge in [-0.25, -0.2) is 0 Å². The van der Waals surface area contributed by atoms with Gasteiger partial charge in [0.05, 0.1) is 11.9 Å². The SMILES string of the molecule is C=CC(=O)NCc1cnnc(C)c1C. The molecule has 0 aliphatic rings. The van der Waals surface area contributed by atoms with Gasteiger partial charge in [0.2, 0.25) is 5.91 Å². The fraction of sp³-hybridized carbons (Fsp3) is 0.300. The lowest BCUT2D eigenvalue weighted by atomic mass is 10.1. The number of aromatic nitrogens is 2. The monoisotopic (exact) mass is 191 g/mol. The number of carbonyl (C=O) groups is 1. The number of carbonyl (C=O) groups excluding carboxylic acids is 1. The van der Waals surface area contributed by atoms with Crippen LogP contribution in [-0.2, 0) is 11.3 Å². The Morgan fingerprint density at radius 1 is 1.64 bits per heavy atom. The van der Waals surface area contributed by atoms with Crippen LogP contribution in [0.25, 0.3) is 0 Å². The van der Waals surface area contributed by atoms with Gasteiger partial charge in [-0.3, -0.25) is 4.79 Å². The second-order valence-electron chi connectivity index (χ2n) is 3.00. The Hall–Kier alpha value is -1.71. The molecule has 0 radical (unpaired) electrons. The Bertz CT molecular complexity index is 360. The van der Waals surface area contributed by atoms with Crippen LogP contribution < -0.4 is 5.32 Å². The van der Waals surface area contributed by atoms with Gasteiger partial charge in [0.1, 0.15) is 0 Å². The Balaban J connectivity index is 2.72. The molecule has 1 amide bonds. The molecule has 0 aliphatic carbocycles. The van der Waals surface area contributed by atoms with Gasteiger partial charge in [0, 0.05) is 6.54 Å². The Labute approximate surface area is 83.1 Å². The summed E-state index contributed by atoms with van der Waals surface area (Å²) in [5.41, 5.74) is 2.92. The lowest BCUT2D eigenvalue weighted by molar-refractivity contribution is -0.116. The van der Waals surface area contributed by atoms with E-state index in [-0.39, 0.29) is 5.91 Å². The summed E-state index contributed by atoms with van der Waals surface area (Å²) in [5.74, 6) is -0.182. The molecule has 1 aromatic heterocycles. The van der Waals surface area contributed by atoms with E-state index in [2.05, 4.69) is 22.1 Å². The first-order valence-corrected chi connectivity index (χ1v) is 4.33. The minimum absolute atomic E-state index is 0.182. The maximum Gasteiger partial charge on any atom is 0.243 e. The Morgan fingerprint density at radius 2 is 2.36 bits per heavy atom. The standard InChI is InChI=1S/C10H13N3O/c1-4-10(14)11-5-9-6-12-13-8(3)7(9)2/h4,6H,1,5H2,2-3H3,(H,11,14). The number of hydrogen-bond donors (Lipinski definition) is 1. The molecule has 0 spiro atoms. The zero-order chi connectivity index (χ0) is 10.6. The fourth-order valence-electron chi connectivity index (χ4n) is 1.02. The zero-order valence-electron chi connectivity index (χ0n) is 8.37. The Morgan fingerprint density at radius 3 is 3.00 bits per heavy atom. The molecule has 1 heterocycles. The van der Waals surface area contributed by atoms with Crippen molar-refractivity contribution in [2.24, 2.45) is 0 Å². The van der Waals surface area contributed by atoms with Gasteiger partial charge in [-0.05, 0) is 31.1 Å². The smallest absolute Gasteiger partial charge is 0.243 e. The van der Waals surface area contributed by atoms with Crippen molar-refractivity contribution in [3.05, 3.63) is 35.7 Å². The van der Waals surface area contributed by atoms with E-state index in [0.717, 1.165) is 16.8 Å². The molecule has 1 N–H and O–H groups in total. The number of hydrogen-bond acceptors (Lipinski definition) is 3. The van der Waals surface area contributed by atoms with Crippen LogP contribution in [0.3, 0.4) is 0 Å². The largest absolute Gasteiger partial charge is 0.348 e. The van der Waals surface area contributed by atoms with Gasteiger partial charge in [-0.15, -0.1) is 0 Å². The van der Waals surface area contributed by atoms with Crippen LogP contribution in [0.4, 0.5) is 0 Å². The van der Waals surface area contributed by atoms with E-state index in [4.69, 9.17) is 0 Å². The third kappa shape index (κ3) is 2.39. The van der Waals surface area contributed by atoms with Crippen molar-refractivity contribution in [2.75, 3.05) is 0 Å². The number of rotatable bonds is 3. The van der Waals surface area contributed by atoms with Crippen LogP contribution in [0.15, 0.2) is 18.9 Å². The van der Waals surface area contributed by atoms with Crippen molar-refractivity contribution in [2.45, 2.75) is 20.4 Å². The minimum Gasteiger partial charge on any atom is -0.348 e. The van der Waals surface area contributed by atoms with Gasteiger partial charge in [-0.2, -0.15) is 10.2 Å². The van der Waals surface area contributed by atoms with Crippen molar-refractivity contribution in [1.29, 1.82) is 0 Å². The van der Waals surface area contributed by atoms with Crippen molar-refractivity contribution in [1.82, 2.24) is 15.5 Å². The summed E-state index contributed by atoms with van der Waals surface area (Å²) in [6.07, 6.45) is 2.91. The zero-order valence-corrected chi connectivity index (χ0v) is 8.37. The summed E-state index contributed by atoms with van der Waals surface area (Å²) >= 11 is 0. The average molecular weight is 191 g/mol. The van der Waals surface area contributed by atoms with Crippen molar-refractivity contribution >= 4 is 5.91 Å². The van der Waals surface area contributed by atoms with Crippen molar-refractivity contribution < 1.29 is 4.79 Å². The van der Waals surface area contributed by atoms with E-state index < -0.39 is 0 Å². The maximum absolute atomic E-state index is 10.9. The van der Waals surface area contributed by atoms with Crippen molar-refractivity contribution in [3.8, 4) is 0 Å². The molecular weight excluding hydrogens is 178 g/mol. The highest BCUT2D eigenvalue weighted by atomic mass is 16.1. The molecule has 0 bridgehead atoms. The third-order valence-corrected chi connectivity index (χ3v) is 2.08. The summed E-state index contributed by atoms with van der Waals surface area (Å²) in [6, 6.07) is 0. The quantitative estimate of drug-likeness (QED) is 0.722. The molecule has 0 unspecified atom stereocenters. The fourth-order valence-corrected chi connectivity index (χ4v) is 1.02. The van der Waals surface area contributed by atoms with Crippen LogP contribution in [0, 0.1) is 13.8 Å². The molecule has 0 fully saturated rings. The second-order valence-corrected chi connectivity index (χ2v) is 3.00. The molecule has 0 aromatic carbocycles. The first kappa shape index (κ1) is 10.4. The highest BCUT2D eigenvalue weighted by Gasteiger charge is 2.03. The summed E-state index contributed by atoms with van der Waals surface area (Å²) in [5, 5.41) is 10.4. The summed E-state index contributed by atoms with van der Waals surface area (Å²) in [4.78, 5) is 10.9. The van der Waals surface area contributed by atoms with Crippen LogP contribution in [0.5, 0.6) is 0 Å². The number of amides is 1. The van der Waals surface area contributed by atoms with Crippen LogP contribution in [-0.4, -0.2) is 16.1 Å². The van der Waals surface area contributed by atoms with E-state index in [1.807, 2.05) is 13.8 Å². The normalized spacial score (nSPS) is 9.57. The topological polar surface area (TPSA) is 54.9 Å². The van der Waals surface area contributed by atoms with Gasteiger partial charge < -0.3 is 5.32 Å². The predicted octanol–water partition coefficient (Wildman–Crippen LogP) is 0.896. The molecule has 74 valence electrons. The predicted molar refractivity (Wildman–Crippen MR) is 53.5 cm³/mol. The summed E-state index contributed by atoms with van der Waals surface area (Å²) in [6.45, 7) is 7.69. The molecule has 0 atom stereocenters. The first-order valence-electron chi connectivity index (χ1n) is 4.33. The molecule has 1 rings (SSSR count). The molecule has 1 aromatic rings. The van der Waals surface area contributed by atoms with Crippen LogP contribution in [0.2, 0.25) is 0 Å². The number of aryl methyl sites for hydroxylation is 1. The lowest BCUT2D eigenvalue weighted by Crippen LogP contribution is -2.21. The lowest BCUT2D eigenvalue weighted by Gasteiger charge is -2.06. The highest BCUT2D eigenvalue weighted by molar-refractivity contribution is 5.86. The number of nitrogens with one attached hydrogen (secondary N) is 1. The average Bonchev–Trinajstić information content (AvgIpc) is 2.20. The van der Waals surface area contributed by atoms with Gasteiger partial charge >= 0.3 is 0 Å². The van der Waals surface area contributed by atoms with Crippen LogP contribution in [0.1, 0.15) is 16.8 Å². The van der Waals surface area contributed by atoms with Gasteiger partial charge in [-0.1, -0.05) is 6.58 Å². The second kappa shape index (κ2) is 4.50. The summed E-state index contributed by atoms with van der Waals surface area (Å²) < 4.78 is 0. The van der Waals surface area contributed by atoms with Gasteiger partial charge in [0.25, 0.3) is 0 Å². The molecule has 4 nitrogen and oxygen atoms in total. The Kier molecular flexibility index (Phi) is 3.34. The van der Waals surface area contributed by atoms with E-state index in [1.165, 1.54) is 6.08 Å². The van der Waals surface area contributed by atoms with Crippen LogP contribution >= 0.6 is 0 Å². The highest BCUT2D eigenvalue weighted by Crippen LogP contribution is 2.07. The molecule has 4 heteroatoms.